The second kappa shape index (κ2) is 4.72. The molecule has 0 unspecified atom stereocenters. The number of hydrogen-bond acceptors (Lipinski definition) is 2. The van der Waals surface area contributed by atoms with E-state index in [9.17, 15) is 8.78 Å². The van der Waals surface area contributed by atoms with Gasteiger partial charge in [-0.1, -0.05) is 6.07 Å². The highest BCUT2D eigenvalue weighted by Crippen LogP contribution is 2.26. The van der Waals surface area contributed by atoms with E-state index >= 15 is 0 Å². The molecule has 0 bridgehead atoms. The summed E-state index contributed by atoms with van der Waals surface area (Å²) in [6.07, 6.45) is 0. The molecule has 0 aliphatic heterocycles. The molecule has 3 aromatic rings. The summed E-state index contributed by atoms with van der Waals surface area (Å²) in [7, 11) is 1.49. The van der Waals surface area contributed by atoms with E-state index in [1.807, 2.05) is 0 Å². The summed E-state index contributed by atoms with van der Waals surface area (Å²) in [4.78, 5) is 2.75. The molecule has 0 radical (unpaired) electrons. The van der Waals surface area contributed by atoms with Gasteiger partial charge in [0.25, 0.3) is 0 Å². The lowest BCUT2D eigenvalue weighted by atomic mass is 10.2. The highest BCUT2D eigenvalue weighted by Gasteiger charge is 2.13. The molecular formula is C14H10F2N2OS. The van der Waals surface area contributed by atoms with Crippen LogP contribution >= 0.6 is 12.2 Å². The van der Waals surface area contributed by atoms with Gasteiger partial charge in [0.05, 0.1) is 18.3 Å². The van der Waals surface area contributed by atoms with Crippen LogP contribution in [0, 0.1) is 16.4 Å². The molecule has 0 aliphatic carbocycles. The summed E-state index contributed by atoms with van der Waals surface area (Å²) in [5.74, 6) is -0.406. The van der Waals surface area contributed by atoms with Gasteiger partial charge in [0.1, 0.15) is 22.9 Å². The van der Waals surface area contributed by atoms with Crippen molar-refractivity contribution in [3.8, 4) is 11.4 Å². The maximum absolute atomic E-state index is 14.0. The first-order chi connectivity index (χ1) is 9.61. The van der Waals surface area contributed by atoms with Crippen molar-refractivity contribution in [3.05, 3.63) is 52.8 Å². The van der Waals surface area contributed by atoms with Crippen molar-refractivity contribution in [2.24, 2.45) is 0 Å². The van der Waals surface area contributed by atoms with Crippen LogP contribution in [0.15, 0.2) is 36.4 Å². The van der Waals surface area contributed by atoms with Crippen molar-refractivity contribution in [2.75, 3.05) is 7.11 Å². The number of rotatable bonds is 2. The summed E-state index contributed by atoms with van der Waals surface area (Å²) in [5.41, 5.74) is 0.938. The van der Waals surface area contributed by atoms with E-state index in [-0.39, 0.29) is 16.0 Å². The van der Waals surface area contributed by atoms with Gasteiger partial charge in [0.15, 0.2) is 4.77 Å². The molecule has 0 aliphatic rings. The topological polar surface area (TPSA) is 29.9 Å². The molecule has 3 nitrogen and oxygen atoms in total. The standard InChI is InChI=1S/C14H10F2N2OS/c1-19-8-5-6-9(15)12(7-8)18-11-4-2-3-10(16)13(11)17-14(18)20/h2-7H,1H3,(H,17,20). The number of hydrogen-bond donors (Lipinski definition) is 1. The van der Waals surface area contributed by atoms with Crippen LogP contribution in [-0.2, 0) is 0 Å². The van der Waals surface area contributed by atoms with Gasteiger partial charge in [-0.2, -0.15) is 0 Å². The number of halogens is 2. The van der Waals surface area contributed by atoms with E-state index in [2.05, 4.69) is 4.98 Å². The van der Waals surface area contributed by atoms with E-state index in [1.165, 1.54) is 35.9 Å². The molecule has 102 valence electrons. The van der Waals surface area contributed by atoms with Gasteiger partial charge in [-0.05, 0) is 36.5 Å². The van der Waals surface area contributed by atoms with Crippen molar-refractivity contribution in [2.45, 2.75) is 0 Å². The highest BCUT2D eigenvalue weighted by atomic mass is 32.1. The van der Waals surface area contributed by atoms with Gasteiger partial charge in [0, 0.05) is 6.07 Å². The third kappa shape index (κ3) is 1.89. The molecular weight excluding hydrogens is 282 g/mol. The molecule has 2 aromatic carbocycles. The van der Waals surface area contributed by atoms with Crippen LogP contribution in [0.3, 0.4) is 0 Å². The minimum absolute atomic E-state index is 0.214. The average Bonchev–Trinajstić information content (AvgIpc) is 2.77. The number of aromatic nitrogens is 2. The van der Waals surface area contributed by atoms with E-state index in [4.69, 9.17) is 17.0 Å². The fourth-order valence-electron chi connectivity index (χ4n) is 2.13. The number of imidazole rings is 1. The minimum Gasteiger partial charge on any atom is -0.497 e. The zero-order chi connectivity index (χ0) is 14.3. The monoisotopic (exact) mass is 292 g/mol. The second-order valence-electron chi connectivity index (χ2n) is 4.22. The molecule has 3 rings (SSSR count). The number of methoxy groups -OCH3 is 1. The van der Waals surface area contributed by atoms with Gasteiger partial charge in [-0.25, -0.2) is 8.78 Å². The van der Waals surface area contributed by atoms with E-state index in [0.717, 1.165) is 0 Å². The van der Waals surface area contributed by atoms with Crippen molar-refractivity contribution in [1.29, 1.82) is 0 Å². The minimum atomic E-state index is -0.466. The third-order valence-corrected chi connectivity index (χ3v) is 3.35. The lowest BCUT2D eigenvalue weighted by molar-refractivity contribution is 0.413. The number of H-pyrrole nitrogens is 1. The van der Waals surface area contributed by atoms with Crippen LogP contribution in [0.4, 0.5) is 8.78 Å². The van der Waals surface area contributed by atoms with Crippen LogP contribution in [-0.4, -0.2) is 16.7 Å². The molecule has 0 spiro atoms. The van der Waals surface area contributed by atoms with Crippen LogP contribution in [0.5, 0.6) is 5.75 Å². The number of fused-ring (bicyclic) bond motifs is 1. The number of aromatic amines is 1. The SMILES string of the molecule is COc1ccc(F)c(-n2c(=S)[nH]c3c(F)cccc32)c1. The number of para-hydroxylation sites is 1. The quantitative estimate of drug-likeness (QED) is 0.724. The predicted molar refractivity (Wildman–Crippen MR) is 74.9 cm³/mol. The molecule has 0 amide bonds. The van der Waals surface area contributed by atoms with Crippen LogP contribution in [0.25, 0.3) is 16.7 Å². The summed E-state index contributed by atoms with van der Waals surface area (Å²) >= 11 is 5.17. The van der Waals surface area contributed by atoms with Crippen molar-refractivity contribution in [1.82, 2.24) is 9.55 Å². The number of nitrogens with one attached hydrogen (secondary N) is 1. The normalized spacial score (nSPS) is 10.9. The van der Waals surface area contributed by atoms with E-state index < -0.39 is 11.6 Å². The fraction of sp³-hybridized carbons (Fsp3) is 0.0714. The van der Waals surface area contributed by atoms with Gasteiger partial charge in [0.2, 0.25) is 0 Å². The first kappa shape index (κ1) is 12.8. The van der Waals surface area contributed by atoms with E-state index in [0.29, 0.717) is 11.3 Å². The summed E-state index contributed by atoms with van der Waals surface area (Å²) in [6, 6.07) is 8.85. The third-order valence-electron chi connectivity index (χ3n) is 3.06. The Bertz CT molecular complexity index is 854. The fourth-order valence-corrected chi connectivity index (χ4v) is 2.42. The lowest BCUT2D eigenvalue weighted by Gasteiger charge is -2.08. The van der Waals surface area contributed by atoms with Gasteiger partial charge < -0.3 is 9.72 Å². The molecule has 0 saturated carbocycles. The van der Waals surface area contributed by atoms with Crippen LogP contribution in [0.1, 0.15) is 0 Å². The molecule has 6 heteroatoms. The highest BCUT2D eigenvalue weighted by molar-refractivity contribution is 7.71. The largest absolute Gasteiger partial charge is 0.497 e. The molecule has 1 N–H and O–H groups in total. The Kier molecular flexibility index (Phi) is 3.02. The summed E-state index contributed by atoms with van der Waals surface area (Å²) < 4.78 is 34.5. The van der Waals surface area contributed by atoms with Crippen molar-refractivity contribution in [3.63, 3.8) is 0 Å². The van der Waals surface area contributed by atoms with Crippen molar-refractivity contribution < 1.29 is 13.5 Å². The Morgan fingerprint density at radius 3 is 2.70 bits per heavy atom. The predicted octanol–water partition coefficient (Wildman–Crippen LogP) is 3.97. The first-order valence-corrected chi connectivity index (χ1v) is 6.26. The second-order valence-corrected chi connectivity index (χ2v) is 4.60. The zero-order valence-electron chi connectivity index (χ0n) is 10.5. The van der Waals surface area contributed by atoms with E-state index in [1.54, 1.807) is 12.1 Å². The smallest absolute Gasteiger partial charge is 0.182 e. The maximum Gasteiger partial charge on any atom is 0.182 e. The zero-order valence-corrected chi connectivity index (χ0v) is 11.3. The summed E-state index contributed by atoms with van der Waals surface area (Å²) in [5, 5.41) is 0. The first-order valence-electron chi connectivity index (χ1n) is 5.85. The number of ether oxygens (including phenoxy) is 1. The van der Waals surface area contributed by atoms with Gasteiger partial charge in [-0.3, -0.25) is 4.57 Å². The Hall–Kier alpha value is -2.21. The van der Waals surface area contributed by atoms with Crippen molar-refractivity contribution >= 4 is 23.3 Å². The molecule has 1 aromatic heterocycles. The molecule has 20 heavy (non-hydrogen) atoms. The maximum atomic E-state index is 14.0. The average molecular weight is 292 g/mol. The van der Waals surface area contributed by atoms with Gasteiger partial charge >= 0.3 is 0 Å². The lowest BCUT2D eigenvalue weighted by Crippen LogP contribution is -1.98. The Morgan fingerprint density at radius 1 is 1.15 bits per heavy atom. The van der Waals surface area contributed by atoms with Crippen LogP contribution in [0.2, 0.25) is 0 Å². The summed E-state index contributed by atoms with van der Waals surface area (Å²) in [6.45, 7) is 0. The van der Waals surface area contributed by atoms with Crippen LogP contribution < -0.4 is 4.74 Å². The molecule has 0 saturated heterocycles. The molecule has 0 atom stereocenters. The molecule has 0 fully saturated rings. The number of benzene rings is 2. The Labute approximate surface area is 118 Å². The number of nitrogens with zero attached hydrogens (tertiary/aromatic N) is 1. The van der Waals surface area contributed by atoms with Gasteiger partial charge in [-0.15, -0.1) is 0 Å². The Balaban J connectivity index is 2.38. The molecule has 1 heterocycles. The Morgan fingerprint density at radius 2 is 1.95 bits per heavy atom.